The maximum Gasteiger partial charge on any atom is 0.407 e. The normalized spacial score (nSPS) is 31.9. The van der Waals surface area contributed by atoms with Crippen molar-refractivity contribution in [3.05, 3.63) is 62.7 Å². The lowest BCUT2D eigenvalue weighted by atomic mass is 9.43. The molecule has 8 saturated carbocycles. The molecule has 0 aromatic heterocycles. The van der Waals surface area contributed by atoms with Crippen LogP contribution < -0.4 is 21.3 Å². The summed E-state index contributed by atoms with van der Waals surface area (Å²) in [4.78, 5) is 29.4. The molecule has 0 aromatic rings. The summed E-state index contributed by atoms with van der Waals surface area (Å²) in [5.74, 6) is 5.78. The lowest BCUT2D eigenvalue weighted by Crippen LogP contribution is -2.63. The first-order valence-corrected chi connectivity index (χ1v) is 46.9. The van der Waals surface area contributed by atoms with Gasteiger partial charge in [-0.05, 0) is 361 Å². The Balaban J connectivity index is 0.000000326. The minimum Gasteiger partial charge on any atom is -0.444 e. The number of carbonyl (C=O) groups excluding carboxylic acids is 1. The zero-order valence-electron chi connectivity index (χ0n) is 73.0. The van der Waals surface area contributed by atoms with Crippen molar-refractivity contribution < 1.29 is 50.6 Å². The summed E-state index contributed by atoms with van der Waals surface area (Å²) in [5, 5.41) is 36.0. The van der Waals surface area contributed by atoms with Gasteiger partial charge in [0, 0.05) is 126 Å². The molecule has 0 saturated heterocycles. The van der Waals surface area contributed by atoms with E-state index in [1.807, 2.05) is 20.8 Å². The largest absolute Gasteiger partial charge is 0.444 e. The smallest absolute Gasteiger partial charge is 0.407 e. The summed E-state index contributed by atoms with van der Waals surface area (Å²) in [5.41, 5.74) is 52.7. The number of rotatable bonds is 55. The lowest BCUT2D eigenvalue weighted by Gasteiger charge is -2.65. The van der Waals surface area contributed by atoms with Crippen molar-refractivity contribution in [3.8, 4) is 0 Å². The molecule has 0 bridgehead atoms. The van der Waals surface area contributed by atoms with Gasteiger partial charge in [0.25, 0.3) is 10.1 Å². The molecule has 0 aromatic carbocycles. The number of alkyl carbamates (subject to hydrolysis) is 1. The Morgan fingerprint density at radius 3 is 1.15 bits per heavy atom. The SMILES string of the molecule is C[C@H](CCCNCCCCNCCCNC(=O)OC(C)(C)C)C1CC[C@H]2C3[C@H](OCCCN=[N+]=[N-])CC4C[C@H](OCCCN=[N+]=[N-])CC[C@]4(C)[C@H]3CC(OCCCN=[N+]=[N-])[C@]12C.C[C@H](CCCNCCCCOS(C)(=O)=O)C1CC[C@H]2C3[C@H](OCCCN=[N+]=[N-])CC4C[C@H](OCCCN=[N+]=[N-])CC[C@]4(C)[C@H]3CC(OCCCN=[N+]=[N-])[C@]12C. The van der Waals surface area contributed by atoms with Gasteiger partial charge in [-0.3, -0.25) is 4.18 Å². The van der Waals surface area contributed by atoms with E-state index in [0.717, 1.165) is 187 Å². The molecule has 8 aliphatic rings. The van der Waals surface area contributed by atoms with Gasteiger partial charge < -0.3 is 54.4 Å². The van der Waals surface area contributed by atoms with Crippen LogP contribution >= 0.6 is 0 Å². The highest BCUT2D eigenvalue weighted by Crippen LogP contribution is 2.72. The first-order valence-electron chi connectivity index (χ1n) is 45.1. The number of hydrogen-bond acceptors (Lipinski definition) is 20. The number of azide groups is 6. The van der Waals surface area contributed by atoms with Gasteiger partial charge in [0.05, 0.1) is 49.5 Å². The topological polar surface area (TPSA) is 466 Å². The zero-order valence-corrected chi connectivity index (χ0v) is 73.8. The van der Waals surface area contributed by atoms with E-state index < -0.39 is 15.7 Å². The van der Waals surface area contributed by atoms with E-state index in [0.29, 0.717) is 176 Å². The highest BCUT2D eigenvalue weighted by atomic mass is 32.2. The van der Waals surface area contributed by atoms with E-state index in [2.05, 4.69) is 123 Å². The van der Waals surface area contributed by atoms with Crippen molar-refractivity contribution in [3.63, 3.8) is 0 Å². The Morgan fingerprint density at radius 1 is 0.427 bits per heavy atom. The van der Waals surface area contributed by atoms with E-state index in [1.165, 1.54) is 25.7 Å². The van der Waals surface area contributed by atoms with E-state index >= 15 is 0 Å². The van der Waals surface area contributed by atoms with Crippen LogP contribution in [0.2, 0.25) is 0 Å². The average molecular weight is 1660 g/mol. The Hall–Kier alpha value is -5.32. The molecule has 0 radical (unpaired) electrons. The predicted octanol–water partition coefficient (Wildman–Crippen LogP) is 19.3. The maximum absolute atomic E-state index is 11.8. The molecule has 4 N–H and O–H groups in total. The van der Waals surface area contributed by atoms with Crippen molar-refractivity contribution in [2.45, 2.75) is 291 Å². The Bertz CT molecular complexity index is 3350. The fraction of sp³-hybridized carbons (Fsp3) is 0.988. The van der Waals surface area contributed by atoms with Crippen LogP contribution in [0.5, 0.6) is 0 Å². The fourth-order valence-corrected chi connectivity index (χ4v) is 23.9. The molecule has 8 unspecified atom stereocenters. The summed E-state index contributed by atoms with van der Waals surface area (Å²) in [6.07, 6.45) is 30.2. The van der Waals surface area contributed by atoms with Crippen LogP contribution in [0.1, 0.15) is 249 Å². The van der Waals surface area contributed by atoms with Gasteiger partial charge >= 0.3 is 6.09 Å². The van der Waals surface area contributed by atoms with Gasteiger partial charge in [-0.15, -0.1) is 0 Å². The van der Waals surface area contributed by atoms with Crippen LogP contribution in [0.3, 0.4) is 0 Å². The van der Waals surface area contributed by atoms with Crippen molar-refractivity contribution in [1.82, 2.24) is 21.3 Å². The first-order chi connectivity index (χ1) is 56.4. The molecule has 8 rings (SSSR count). The predicted molar refractivity (Wildman–Crippen MR) is 456 cm³/mol. The van der Waals surface area contributed by atoms with E-state index in [-0.39, 0.29) is 71.0 Å². The van der Waals surface area contributed by atoms with E-state index in [9.17, 15) is 13.2 Å². The van der Waals surface area contributed by atoms with Crippen molar-refractivity contribution in [2.75, 3.05) is 138 Å². The van der Waals surface area contributed by atoms with Crippen LogP contribution in [0.4, 0.5) is 4.79 Å². The molecule has 664 valence electrons. The number of nitrogens with zero attached hydrogens (tertiary/aromatic N) is 18. The van der Waals surface area contributed by atoms with Crippen LogP contribution in [-0.2, 0) is 47.5 Å². The third-order valence-electron chi connectivity index (χ3n) is 28.9. The summed E-state index contributed by atoms with van der Waals surface area (Å²) < 4.78 is 73.2. The highest BCUT2D eigenvalue weighted by Gasteiger charge is 2.69. The lowest BCUT2D eigenvalue weighted by molar-refractivity contribution is -0.227. The third kappa shape index (κ3) is 30.0. The summed E-state index contributed by atoms with van der Waals surface area (Å²) >= 11 is 0. The molecule has 8 aliphatic carbocycles. The second kappa shape index (κ2) is 51.6. The highest BCUT2D eigenvalue weighted by molar-refractivity contribution is 7.86. The molecule has 0 aliphatic heterocycles. The van der Waals surface area contributed by atoms with Gasteiger partial charge in [0.1, 0.15) is 5.60 Å². The first kappa shape index (κ1) is 98.8. The molecule has 0 heterocycles. The second-order valence-electron chi connectivity index (χ2n) is 37.2. The van der Waals surface area contributed by atoms with E-state index in [4.69, 9.17) is 70.5 Å². The van der Waals surface area contributed by atoms with Crippen LogP contribution in [0.15, 0.2) is 30.7 Å². The number of ether oxygens (including phenoxy) is 7. The van der Waals surface area contributed by atoms with Gasteiger partial charge in [0.15, 0.2) is 0 Å². The third-order valence-corrected chi connectivity index (χ3v) is 29.5. The van der Waals surface area contributed by atoms with Crippen molar-refractivity contribution in [2.24, 2.45) is 123 Å². The molecule has 117 heavy (non-hydrogen) atoms. The monoisotopic (exact) mass is 1660 g/mol. The van der Waals surface area contributed by atoms with Crippen molar-refractivity contribution >= 4 is 16.2 Å². The zero-order chi connectivity index (χ0) is 84.6. The van der Waals surface area contributed by atoms with Gasteiger partial charge in [-0.25, -0.2) is 4.79 Å². The molecule has 33 nitrogen and oxygen atoms in total. The number of carbonyl (C=O) groups is 1. The number of nitrogens with one attached hydrogen (secondary N) is 4. The minimum absolute atomic E-state index is 0.00737. The van der Waals surface area contributed by atoms with Gasteiger partial charge in [-0.2, -0.15) is 8.42 Å². The Kier molecular flexibility index (Phi) is 43.5. The molecular formula is C83H150N22O11S. The summed E-state index contributed by atoms with van der Waals surface area (Å²) in [7, 11) is -3.39. The number of amides is 1. The number of unbranched alkanes of at least 4 members (excludes halogenated alkanes) is 2. The quantitative estimate of drug-likeness (QED) is 0.0145. The summed E-state index contributed by atoms with van der Waals surface area (Å²) in [6, 6.07) is 0. The fourth-order valence-electron chi connectivity index (χ4n) is 23.4. The van der Waals surface area contributed by atoms with Crippen LogP contribution in [-0.4, -0.2) is 194 Å². The van der Waals surface area contributed by atoms with Crippen LogP contribution in [0, 0.1) is 92.7 Å². The Morgan fingerprint density at radius 2 is 0.778 bits per heavy atom. The number of fused-ring (bicyclic) bond motifs is 10. The van der Waals surface area contributed by atoms with Crippen LogP contribution in [0.25, 0.3) is 62.7 Å². The van der Waals surface area contributed by atoms with Gasteiger partial charge in [0.2, 0.25) is 0 Å². The van der Waals surface area contributed by atoms with Gasteiger partial charge in [-0.1, -0.05) is 72.2 Å². The minimum atomic E-state index is -3.39. The number of hydrogen-bond donors (Lipinski definition) is 4. The molecule has 0 spiro atoms. The molecule has 22 atom stereocenters. The van der Waals surface area contributed by atoms with Crippen molar-refractivity contribution in [1.29, 1.82) is 0 Å². The average Bonchev–Trinajstić information content (AvgIpc) is 1.67. The maximum atomic E-state index is 11.8. The standard InChI is InChI=1S/C45H82N12O5.C38H68N10O6S/c1-33(14-9-21-49-19-7-8-20-50-22-10-23-51-42(58)62-43(2,3)4)36-15-16-37-41-38(32-40(45(36,37)6)61-29-13-26-54-57-48)44(5)18-17-35(59-27-11-24-52-55-46)30-34(44)31-39(41)60-28-12-25-53-56-47;1-28(11-7-17-42-16-5-6-24-54-55(4,49)50)31-12-13-32-36-33(27-35(38(31,32)3)53-23-10-20-45-48-41)37(2)15-14-30(51-21-8-18-43-46-39)25-29(37)26-34(36)52-22-9-19-44-47-40/h33-41,49-50H,7-32H2,1-6H3,(H,51,58);28-36,42H,5-27H2,1-4H3/t33-,34?,35-,36?,37+,38+,39-,40?,41?,44+,45-;28-,29?,30-,31?,32+,33+,34-,35?,36?,37+,38-/m11/s1. The second-order valence-corrected chi connectivity index (χ2v) is 38.8. The molecule has 1 amide bonds. The van der Waals surface area contributed by atoms with E-state index in [1.54, 1.807) is 0 Å². The molecular weight excluding hydrogens is 1510 g/mol. The summed E-state index contributed by atoms with van der Waals surface area (Å²) in [6.45, 7) is 33.4. The molecule has 8 fully saturated rings. The molecule has 34 heteroatoms. The Labute approximate surface area is 699 Å².